The second-order valence-corrected chi connectivity index (χ2v) is 6.74. The molecule has 0 bridgehead atoms. The van der Waals surface area contributed by atoms with Gasteiger partial charge in [-0.2, -0.15) is 0 Å². The number of halogens is 2. The Labute approximate surface area is 147 Å². The molecule has 7 heteroatoms. The Morgan fingerprint density at radius 3 is 2.91 bits per heavy atom. The molecule has 2 aromatic heterocycles. The predicted molar refractivity (Wildman–Crippen MR) is 92.2 cm³/mol. The molecule has 0 fully saturated rings. The Morgan fingerprint density at radius 2 is 2.17 bits per heavy atom. The summed E-state index contributed by atoms with van der Waals surface area (Å²) in [5.74, 6) is 0.443. The molecular weight excluding hydrogens is 355 g/mol. The van der Waals surface area contributed by atoms with Gasteiger partial charge in [0.15, 0.2) is 10.8 Å². The van der Waals surface area contributed by atoms with Crippen LogP contribution in [-0.4, -0.2) is 10.9 Å². The fourth-order valence-electron chi connectivity index (χ4n) is 2.02. The third-order valence-electron chi connectivity index (χ3n) is 3.21. The first-order chi connectivity index (χ1) is 11.0. The zero-order valence-electron chi connectivity index (χ0n) is 12.1. The van der Waals surface area contributed by atoms with Crippen molar-refractivity contribution >= 4 is 40.4 Å². The molecule has 0 spiro atoms. The van der Waals surface area contributed by atoms with Crippen LogP contribution in [0.25, 0.3) is 10.8 Å². The van der Waals surface area contributed by atoms with Gasteiger partial charge >= 0.3 is 0 Å². The standard InChI is InChI=1S/C16H12Cl2N2O2S/c1-9-14(23-16(20-9)13-3-2-6-22-13)8-19-15(21)11-7-10(17)4-5-12(11)18/h2-7H,8H2,1H3,(H,19,21). The molecule has 0 aliphatic carbocycles. The van der Waals surface area contributed by atoms with E-state index in [1.54, 1.807) is 24.5 Å². The molecule has 0 aliphatic heterocycles. The second-order valence-electron chi connectivity index (χ2n) is 4.81. The molecule has 118 valence electrons. The molecule has 0 aliphatic rings. The number of hydrogen-bond acceptors (Lipinski definition) is 4. The number of nitrogens with one attached hydrogen (secondary N) is 1. The first-order valence-electron chi connectivity index (χ1n) is 6.78. The van der Waals surface area contributed by atoms with Gasteiger partial charge in [0.25, 0.3) is 5.91 Å². The number of carbonyl (C=O) groups is 1. The van der Waals surface area contributed by atoms with Crippen LogP contribution in [0.5, 0.6) is 0 Å². The molecule has 2 heterocycles. The summed E-state index contributed by atoms with van der Waals surface area (Å²) in [6.45, 7) is 2.27. The molecule has 1 N–H and O–H groups in total. The predicted octanol–water partition coefficient (Wildman–Crippen LogP) is 4.95. The number of benzene rings is 1. The van der Waals surface area contributed by atoms with Crippen molar-refractivity contribution in [2.45, 2.75) is 13.5 Å². The van der Waals surface area contributed by atoms with E-state index in [2.05, 4.69) is 10.3 Å². The van der Waals surface area contributed by atoms with E-state index in [4.69, 9.17) is 27.6 Å². The molecule has 0 saturated heterocycles. The van der Waals surface area contributed by atoms with Gasteiger partial charge in [-0.3, -0.25) is 4.79 Å². The Morgan fingerprint density at radius 1 is 1.35 bits per heavy atom. The van der Waals surface area contributed by atoms with Gasteiger partial charge in [0.05, 0.1) is 29.1 Å². The van der Waals surface area contributed by atoms with Crippen molar-refractivity contribution in [1.29, 1.82) is 0 Å². The topological polar surface area (TPSA) is 55.1 Å². The first kappa shape index (κ1) is 16.1. The van der Waals surface area contributed by atoms with Crippen LogP contribution in [0.2, 0.25) is 10.0 Å². The number of rotatable bonds is 4. The van der Waals surface area contributed by atoms with E-state index in [9.17, 15) is 4.79 Å². The van der Waals surface area contributed by atoms with Crippen molar-refractivity contribution in [2.75, 3.05) is 0 Å². The number of furan rings is 1. The fraction of sp³-hybridized carbons (Fsp3) is 0.125. The first-order valence-corrected chi connectivity index (χ1v) is 8.35. The Kier molecular flexibility index (Phi) is 4.71. The summed E-state index contributed by atoms with van der Waals surface area (Å²) >= 11 is 13.4. The Bertz CT molecular complexity index is 844. The van der Waals surface area contributed by atoms with Crippen molar-refractivity contribution in [3.63, 3.8) is 0 Å². The van der Waals surface area contributed by atoms with Crippen LogP contribution in [0, 0.1) is 6.92 Å². The van der Waals surface area contributed by atoms with E-state index in [0.29, 0.717) is 27.9 Å². The van der Waals surface area contributed by atoms with Crippen LogP contribution < -0.4 is 5.32 Å². The molecule has 3 rings (SSSR count). The molecule has 3 aromatic rings. The van der Waals surface area contributed by atoms with Gasteiger partial charge in [0.2, 0.25) is 0 Å². The molecule has 4 nitrogen and oxygen atoms in total. The van der Waals surface area contributed by atoms with Gasteiger partial charge < -0.3 is 9.73 Å². The van der Waals surface area contributed by atoms with Gasteiger partial charge in [-0.15, -0.1) is 11.3 Å². The summed E-state index contributed by atoms with van der Waals surface area (Å²) in [5.41, 5.74) is 1.21. The van der Waals surface area contributed by atoms with Gasteiger partial charge in [-0.1, -0.05) is 23.2 Å². The van der Waals surface area contributed by atoms with Crippen molar-refractivity contribution in [2.24, 2.45) is 0 Å². The minimum absolute atomic E-state index is 0.273. The minimum Gasteiger partial charge on any atom is -0.462 e. The van der Waals surface area contributed by atoms with E-state index in [0.717, 1.165) is 15.6 Å². The molecule has 1 aromatic carbocycles. The molecule has 23 heavy (non-hydrogen) atoms. The molecule has 0 atom stereocenters. The highest BCUT2D eigenvalue weighted by Gasteiger charge is 2.14. The maximum Gasteiger partial charge on any atom is 0.253 e. The molecule has 0 unspecified atom stereocenters. The summed E-state index contributed by atoms with van der Waals surface area (Å²) in [6.07, 6.45) is 1.61. The quantitative estimate of drug-likeness (QED) is 0.710. The maximum absolute atomic E-state index is 12.2. The van der Waals surface area contributed by atoms with Crippen molar-refractivity contribution < 1.29 is 9.21 Å². The maximum atomic E-state index is 12.2. The fourth-order valence-corrected chi connectivity index (χ4v) is 3.37. The number of thiazole rings is 1. The van der Waals surface area contributed by atoms with Crippen LogP contribution in [0.1, 0.15) is 20.9 Å². The lowest BCUT2D eigenvalue weighted by molar-refractivity contribution is 0.0951. The van der Waals surface area contributed by atoms with Crippen LogP contribution in [-0.2, 0) is 6.54 Å². The molecule has 1 amide bonds. The van der Waals surface area contributed by atoms with E-state index in [1.807, 2.05) is 19.1 Å². The normalized spacial score (nSPS) is 10.7. The van der Waals surface area contributed by atoms with Crippen molar-refractivity contribution in [3.8, 4) is 10.8 Å². The monoisotopic (exact) mass is 366 g/mol. The number of hydrogen-bond donors (Lipinski definition) is 1. The summed E-state index contributed by atoms with van der Waals surface area (Å²) < 4.78 is 5.34. The van der Waals surface area contributed by atoms with Gasteiger partial charge in [-0.05, 0) is 37.3 Å². The van der Waals surface area contributed by atoms with Gasteiger partial charge in [-0.25, -0.2) is 4.98 Å². The second kappa shape index (κ2) is 6.74. The van der Waals surface area contributed by atoms with Crippen molar-refractivity contribution in [3.05, 3.63) is 62.8 Å². The van der Waals surface area contributed by atoms with Crippen molar-refractivity contribution in [1.82, 2.24) is 10.3 Å². The van der Waals surface area contributed by atoms with E-state index in [1.165, 1.54) is 11.3 Å². The van der Waals surface area contributed by atoms with Crippen LogP contribution in [0.4, 0.5) is 0 Å². The Balaban J connectivity index is 1.73. The lowest BCUT2D eigenvalue weighted by Gasteiger charge is -2.06. The highest BCUT2D eigenvalue weighted by atomic mass is 35.5. The number of aromatic nitrogens is 1. The third-order valence-corrected chi connectivity index (χ3v) is 4.94. The summed E-state index contributed by atoms with van der Waals surface area (Å²) in [7, 11) is 0. The summed E-state index contributed by atoms with van der Waals surface area (Å²) in [5, 5.41) is 4.46. The minimum atomic E-state index is -0.273. The van der Waals surface area contributed by atoms with E-state index < -0.39 is 0 Å². The zero-order chi connectivity index (χ0) is 16.4. The highest BCUT2D eigenvalue weighted by molar-refractivity contribution is 7.15. The van der Waals surface area contributed by atoms with Gasteiger partial charge in [0.1, 0.15) is 0 Å². The van der Waals surface area contributed by atoms with Gasteiger partial charge in [0, 0.05) is 9.90 Å². The number of aryl methyl sites for hydroxylation is 1. The summed E-state index contributed by atoms with van der Waals surface area (Å²) in [6, 6.07) is 8.46. The number of amides is 1. The lowest BCUT2D eigenvalue weighted by Crippen LogP contribution is -2.23. The number of nitrogens with zero attached hydrogens (tertiary/aromatic N) is 1. The molecule has 0 saturated carbocycles. The average molecular weight is 367 g/mol. The summed E-state index contributed by atoms with van der Waals surface area (Å²) in [4.78, 5) is 17.7. The zero-order valence-corrected chi connectivity index (χ0v) is 14.4. The molecular formula is C16H12Cl2N2O2S. The van der Waals surface area contributed by atoms with Crippen LogP contribution >= 0.6 is 34.5 Å². The van der Waals surface area contributed by atoms with E-state index in [-0.39, 0.29) is 5.91 Å². The Hall–Kier alpha value is -1.82. The van der Waals surface area contributed by atoms with E-state index >= 15 is 0 Å². The number of carbonyl (C=O) groups excluding carboxylic acids is 1. The lowest BCUT2D eigenvalue weighted by atomic mass is 10.2. The highest BCUT2D eigenvalue weighted by Crippen LogP contribution is 2.28. The van der Waals surface area contributed by atoms with Crippen LogP contribution in [0.3, 0.4) is 0 Å². The molecule has 0 radical (unpaired) electrons. The third kappa shape index (κ3) is 3.58. The smallest absolute Gasteiger partial charge is 0.253 e. The SMILES string of the molecule is Cc1nc(-c2ccco2)sc1CNC(=O)c1cc(Cl)ccc1Cl. The average Bonchev–Trinajstić information content (AvgIpc) is 3.17. The van der Waals surface area contributed by atoms with Crippen LogP contribution in [0.15, 0.2) is 41.0 Å². The largest absolute Gasteiger partial charge is 0.462 e.